The summed E-state index contributed by atoms with van der Waals surface area (Å²) >= 11 is 0. The lowest BCUT2D eigenvalue weighted by molar-refractivity contribution is -0.143. The molecule has 21 heteroatoms. The lowest BCUT2D eigenvalue weighted by Crippen LogP contribution is -2.61. The first kappa shape index (κ1) is 46.8. The fourth-order valence-corrected chi connectivity index (χ4v) is 6.30. The van der Waals surface area contributed by atoms with Crippen molar-refractivity contribution in [2.24, 2.45) is 11.8 Å². The molecule has 0 aromatic carbocycles. The molecule has 2 fully saturated rings. The molecule has 0 aromatic rings. The second kappa shape index (κ2) is 22.9. The number of hydrogen-bond acceptors (Lipinski definition) is 11. The van der Waals surface area contributed by atoms with E-state index in [0.29, 0.717) is 32.2 Å². The van der Waals surface area contributed by atoms with Crippen LogP contribution in [0.5, 0.6) is 0 Å². The molecule has 0 unspecified atom stereocenters. The Morgan fingerprint density at radius 1 is 0.679 bits per heavy atom. The van der Waals surface area contributed by atoms with Crippen LogP contribution in [0.25, 0.3) is 0 Å². The molecule has 0 spiro atoms. The average molecular weight is 797 g/mol. The Morgan fingerprint density at radius 3 is 1.88 bits per heavy atom. The monoisotopic (exact) mass is 796 g/mol. The Labute approximate surface area is 324 Å². The van der Waals surface area contributed by atoms with Crippen molar-refractivity contribution in [3.63, 3.8) is 0 Å². The number of nitrogens with zero attached hydrogens (tertiary/aromatic N) is 1. The number of hydrogen-bond donors (Lipinski definition) is 10. The zero-order chi connectivity index (χ0) is 42.1. The van der Waals surface area contributed by atoms with Crippen LogP contribution in [0.1, 0.15) is 85.5 Å². The van der Waals surface area contributed by atoms with E-state index < -0.39 is 133 Å². The highest BCUT2D eigenvalue weighted by molar-refractivity contribution is 5.98. The van der Waals surface area contributed by atoms with Gasteiger partial charge in [0.05, 0.1) is 19.0 Å². The number of carboxylic acid groups (broad SMARTS) is 3. The number of rotatable bonds is 23. The number of carboxylic acids is 3. The number of carbonyl (C=O) groups is 10. The molecule has 0 aliphatic carbocycles. The first-order chi connectivity index (χ1) is 26.4. The fourth-order valence-electron chi connectivity index (χ4n) is 6.30. The average Bonchev–Trinajstić information content (AvgIpc) is 3.88. The van der Waals surface area contributed by atoms with Crippen molar-refractivity contribution in [2.45, 2.75) is 122 Å². The third-order valence-corrected chi connectivity index (χ3v) is 9.93. The summed E-state index contributed by atoms with van der Waals surface area (Å²) < 4.78 is 0. The molecule has 314 valence electrons. The van der Waals surface area contributed by atoms with E-state index in [2.05, 4.69) is 37.2 Å². The van der Waals surface area contributed by atoms with Crippen LogP contribution < -0.4 is 37.2 Å². The minimum atomic E-state index is -1.72. The number of amides is 7. The number of nitrogens with one attached hydrogen (secondary N) is 7. The van der Waals surface area contributed by atoms with Crippen molar-refractivity contribution < 1.29 is 63.3 Å². The molecule has 7 amide bonds. The van der Waals surface area contributed by atoms with Gasteiger partial charge in [-0.1, -0.05) is 40.5 Å². The largest absolute Gasteiger partial charge is 0.481 e. The van der Waals surface area contributed by atoms with Gasteiger partial charge in [-0.05, 0) is 50.5 Å². The molecule has 2 rings (SSSR count). The van der Waals surface area contributed by atoms with E-state index in [0.717, 1.165) is 6.42 Å². The van der Waals surface area contributed by atoms with Crippen molar-refractivity contribution in [1.29, 1.82) is 0 Å². The van der Waals surface area contributed by atoms with Gasteiger partial charge in [0.1, 0.15) is 36.8 Å². The van der Waals surface area contributed by atoms with E-state index in [-0.39, 0.29) is 19.4 Å². The van der Waals surface area contributed by atoms with Crippen molar-refractivity contribution >= 4 is 59.3 Å². The van der Waals surface area contributed by atoms with Gasteiger partial charge >= 0.3 is 17.9 Å². The minimum absolute atomic E-state index is 0.0683. The van der Waals surface area contributed by atoms with Crippen LogP contribution in [-0.4, -0.2) is 142 Å². The highest BCUT2D eigenvalue weighted by Gasteiger charge is 2.40. The predicted octanol–water partition coefficient (Wildman–Crippen LogP) is -2.58. The Morgan fingerprint density at radius 2 is 1.32 bits per heavy atom. The van der Waals surface area contributed by atoms with Gasteiger partial charge in [-0.3, -0.25) is 47.9 Å². The molecule has 0 radical (unpaired) electrons. The van der Waals surface area contributed by atoms with Crippen molar-refractivity contribution in [2.75, 3.05) is 26.2 Å². The van der Waals surface area contributed by atoms with Gasteiger partial charge < -0.3 is 57.4 Å². The zero-order valence-corrected chi connectivity index (χ0v) is 32.2. The maximum atomic E-state index is 13.8. The smallest absolute Gasteiger partial charge is 0.322 e. The first-order valence-corrected chi connectivity index (χ1v) is 18.8. The van der Waals surface area contributed by atoms with Crippen LogP contribution >= 0.6 is 0 Å². The summed E-state index contributed by atoms with van der Waals surface area (Å²) in [5.74, 6) is -10.6. The summed E-state index contributed by atoms with van der Waals surface area (Å²) in [7, 11) is 0. The van der Waals surface area contributed by atoms with Crippen LogP contribution in [-0.2, 0) is 47.9 Å². The molecular weight excluding hydrogens is 740 g/mol. The second-order valence-electron chi connectivity index (χ2n) is 14.1. The van der Waals surface area contributed by atoms with E-state index in [9.17, 15) is 58.2 Å². The molecule has 2 aliphatic heterocycles. The van der Waals surface area contributed by atoms with E-state index in [1.807, 2.05) is 0 Å². The van der Waals surface area contributed by atoms with E-state index >= 15 is 0 Å². The molecule has 8 atom stereocenters. The van der Waals surface area contributed by atoms with Gasteiger partial charge in [-0.2, -0.15) is 0 Å². The van der Waals surface area contributed by atoms with Gasteiger partial charge in [-0.25, -0.2) is 0 Å². The molecule has 0 bridgehead atoms. The molecule has 10 N–H and O–H groups in total. The second-order valence-corrected chi connectivity index (χ2v) is 14.1. The molecule has 0 saturated carbocycles. The van der Waals surface area contributed by atoms with Gasteiger partial charge in [-0.15, -0.1) is 0 Å². The summed E-state index contributed by atoms with van der Waals surface area (Å²) in [6.45, 7) is 6.20. The van der Waals surface area contributed by atoms with E-state index in [1.165, 1.54) is 4.90 Å². The minimum Gasteiger partial charge on any atom is -0.481 e. The van der Waals surface area contributed by atoms with Crippen LogP contribution in [0, 0.1) is 11.8 Å². The molecule has 0 aromatic heterocycles. The maximum Gasteiger partial charge on any atom is 0.322 e. The number of aliphatic carboxylic acids is 3. The van der Waals surface area contributed by atoms with Crippen LogP contribution in [0.4, 0.5) is 0 Å². The molecular formula is C35H56N8O13. The molecule has 56 heavy (non-hydrogen) atoms. The Kier molecular flexibility index (Phi) is 19.1. The summed E-state index contributed by atoms with van der Waals surface area (Å²) in [5.41, 5.74) is 0. The quantitative estimate of drug-likeness (QED) is 0.0508. The third-order valence-electron chi connectivity index (χ3n) is 9.93. The standard InChI is InChI=1S/C35H56N8O13/c1-5-18(3)28(33(54)38-17-27(49)50)41-31(52)22(15-26(47)48)40-34(55)29(19(4)6-2)42-32(53)23-10-8-14-43(23)35(56)21(11-12-25(45)46)39-24(44)16-37-30(51)20-9-7-13-36-20/h18-23,28-29,36H,5-17H2,1-4H3,(H,37,51)(H,38,54)(H,39,44)(H,40,55)(H,41,52)(H,42,53)(H,45,46)(H,47,48)(H,49,50)/t18-,19-,20-,21-,22-,23-,28-,29-/m0/s1. The summed E-state index contributed by atoms with van der Waals surface area (Å²) in [6, 6.07) is -7.28. The van der Waals surface area contributed by atoms with Crippen LogP contribution in [0.3, 0.4) is 0 Å². The van der Waals surface area contributed by atoms with Crippen molar-refractivity contribution in [3.8, 4) is 0 Å². The fraction of sp³-hybridized carbons (Fsp3) is 0.714. The lowest BCUT2D eigenvalue weighted by Gasteiger charge is -2.31. The molecule has 2 heterocycles. The highest BCUT2D eigenvalue weighted by atomic mass is 16.4. The molecule has 21 nitrogen and oxygen atoms in total. The van der Waals surface area contributed by atoms with Crippen molar-refractivity contribution in [3.05, 3.63) is 0 Å². The Balaban J connectivity index is 2.22. The van der Waals surface area contributed by atoms with Crippen molar-refractivity contribution in [1.82, 2.24) is 42.1 Å². The van der Waals surface area contributed by atoms with Gasteiger partial charge in [0, 0.05) is 13.0 Å². The summed E-state index contributed by atoms with van der Waals surface area (Å²) in [4.78, 5) is 128. The Bertz CT molecular complexity index is 1470. The van der Waals surface area contributed by atoms with Gasteiger partial charge in [0.25, 0.3) is 0 Å². The summed E-state index contributed by atoms with van der Waals surface area (Å²) in [6.07, 6.45) is 0.890. The lowest BCUT2D eigenvalue weighted by atomic mass is 9.96. The first-order valence-electron chi connectivity index (χ1n) is 18.8. The van der Waals surface area contributed by atoms with Crippen LogP contribution in [0.15, 0.2) is 0 Å². The predicted molar refractivity (Wildman–Crippen MR) is 195 cm³/mol. The zero-order valence-electron chi connectivity index (χ0n) is 32.2. The number of likely N-dealkylation sites (tertiary alicyclic amines) is 1. The molecule has 2 saturated heterocycles. The third kappa shape index (κ3) is 14.7. The normalized spacial score (nSPS) is 19.5. The highest BCUT2D eigenvalue weighted by Crippen LogP contribution is 2.21. The maximum absolute atomic E-state index is 13.8. The SMILES string of the molecule is CC[C@H](C)[C@H](NC(=O)[C@H](CC(=O)O)NC(=O)[C@@H](NC(=O)[C@@H]1CCCN1C(=O)[C@H](CCC(=O)O)NC(=O)CNC(=O)[C@@H]1CCCN1)[C@@H](C)CC)C(=O)NCC(=O)O. The van der Waals surface area contributed by atoms with Gasteiger partial charge in [0.15, 0.2) is 0 Å². The summed E-state index contributed by atoms with van der Waals surface area (Å²) in [5, 5.41) is 45.3. The van der Waals surface area contributed by atoms with Crippen LogP contribution in [0.2, 0.25) is 0 Å². The molecule has 2 aliphatic rings. The van der Waals surface area contributed by atoms with E-state index in [4.69, 9.17) is 5.11 Å². The number of carbonyl (C=O) groups excluding carboxylic acids is 7. The Hall–Kier alpha value is -5.34. The topological polar surface area (TPSA) is 319 Å². The van der Waals surface area contributed by atoms with Gasteiger partial charge in [0.2, 0.25) is 41.4 Å². The van der Waals surface area contributed by atoms with E-state index in [1.54, 1.807) is 27.7 Å².